The number of likely N-dealkylation sites (N-methyl/N-ethyl adjacent to an activating group) is 1. The number of ether oxygens (including phenoxy) is 1. The Morgan fingerprint density at radius 1 is 1.37 bits per heavy atom. The monoisotopic (exact) mass is 258 g/mol. The molecule has 0 spiro atoms. The summed E-state index contributed by atoms with van der Waals surface area (Å²) in [6.45, 7) is 2.48. The summed E-state index contributed by atoms with van der Waals surface area (Å²) in [5, 5.41) is 0.913. The van der Waals surface area contributed by atoms with Crippen molar-refractivity contribution in [3.05, 3.63) is 42.1 Å². The molecule has 1 heterocycles. The van der Waals surface area contributed by atoms with Gasteiger partial charge in [0, 0.05) is 29.2 Å². The Morgan fingerprint density at radius 2 is 2.16 bits per heavy atom. The molecule has 0 fully saturated rings. The first-order chi connectivity index (χ1) is 9.08. The molecule has 0 saturated heterocycles. The van der Waals surface area contributed by atoms with E-state index in [1.807, 2.05) is 49.5 Å². The molecule has 0 aliphatic rings. The molecule has 4 heteroatoms. The van der Waals surface area contributed by atoms with Gasteiger partial charge >= 0.3 is 5.97 Å². The summed E-state index contributed by atoms with van der Waals surface area (Å²) >= 11 is 0. The minimum atomic E-state index is -0.310. The van der Waals surface area contributed by atoms with Gasteiger partial charge in [0.1, 0.15) is 5.75 Å². The van der Waals surface area contributed by atoms with Crippen LogP contribution in [0.5, 0.6) is 5.75 Å². The van der Waals surface area contributed by atoms with E-state index in [9.17, 15) is 4.79 Å². The van der Waals surface area contributed by atoms with Gasteiger partial charge < -0.3 is 14.6 Å². The third-order valence-corrected chi connectivity index (χ3v) is 2.84. The van der Waals surface area contributed by atoms with Gasteiger partial charge in [-0.15, -0.1) is 0 Å². The molecule has 0 unspecified atom stereocenters. The third kappa shape index (κ3) is 3.23. The highest BCUT2D eigenvalue weighted by Gasteiger charge is 2.10. The van der Waals surface area contributed by atoms with Crippen molar-refractivity contribution < 1.29 is 9.53 Å². The molecule has 1 N–H and O–H groups in total. The Kier molecular flexibility index (Phi) is 4.02. The molecule has 0 radical (unpaired) electrons. The zero-order chi connectivity index (χ0) is 13.8. The lowest BCUT2D eigenvalue weighted by atomic mass is 10.2. The fourth-order valence-electron chi connectivity index (χ4n) is 1.73. The quantitative estimate of drug-likeness (QED) is 0.521. The van der Waals surface area contributed by atoms with Gasteiger partial charge in [-0.3, -0.25) is 0 Å². The van der Waals surface area contributed by atoms with Crippen LogP contribution in [0.4, 0.5) is 0 Å². The predicted octanol–water partition coefficient (Wildman–Crippen LogP) is 2.58. The molecule has 4 nitrogen and oxygen atoms in total. The van der Waals surface area contributed by atoms with Crippen LogP contribution in [0, 0.1) is 0 Å². The number of aromatic amines is 1. The topological polar surface area (TPSA) is 45.3 Å². The summed E-state index contributed by atoms with van der Waals surface area (Å²) in [5.74, 6) is 0.275. The standard InChI is InChI=1S/C15H18N2O2/c1-11(8-10-17(2)3)15(18)19-14-6-4-5-13-12(14)7-9-16-13/h4-9,16H,10H2,1-3H3. The molecule has 1 aromatic heterocycles. The summed E-state index contributed by atoms with van der Waals surface area (Å²) in [6, 6.07) is 7.51. The van der Waals surface area contributed by atoms with Gasteiger partial charge in [-0.25, -0.2) is 4.79 Å². The molecule has 1 aromatic carbocycles. The molecule has 2 aromatic rings. The number of rotatable bonds is 4. The summed E-state index contributed by atoms with van der Waals surface area (Å²) in [5.41, 5.74) is 1.57. The van der Waals surface area contributed by atoms with Crippen molar-refractivity contribution in [3.63, 3.8) is 0 Å². The number of hydrogen-bond acceptors (Lipinski definition) is 3. The first-order valence-corrected chi connectivity index (χ1v) is 6.17. The molecule has 0 bridgehead atoms. The Hall–Kier alpha value is -2.07. The van der Waals surface area contributed by atoms with Crippen molar-refractivity contribution in [1.29, 1.82) is 0 Å². The van der Waals surface area contributed by atoms with E-state index in [1.54, 1.807) is 13.0 Å². The number of fused-ring (bicyclic) bond motifs is 1. The molecular weight excluding hydrogens is 240 g/mol. The van der Waals surface area contributed by atoms with Crippen LogP contribution in [0.1, 0.15) is 6.92 Å². The maximum absolute atomic E-state index is 12.0. The average Bonchev–Trinajstić information content (AvgIpc) is 2.85. The number of benzene rings is 1. The van der Waals surface area contributed by atoms with Crippen molar-refractivity contribution in [3.8, 4) is 5.75 Å². The smallest absolute Gasteiger partial charge is 0.338 e. The molecular formula is C15H18N2O2. The summed E-state index contributed by atoms with van der Waals surface area (Å²) in [4.78, 5) is 17.1. The highest BCUT2D eigenvalue weighted by Crippen LogP contribution is 2.25. The number of nitrogens with one attached hydrogen (secondary N) is 1. The van der Waals surface area contributed by atoms with Crippen LogP contribution < -0.4 is 4.74 Å². The van der Waals surface area contributed by atoms with Gasteiger partial charge in [0.25, 0.3) is 0 Å². The number of hydrogen-bond donors (Lipinski definition) is 1. The fraction of sp³-hybridized carbons (Fsp3) is 0.267. The van der Waals surface area contributed by atoms with Crippen LogP contribution in [0.15, 0.2) is 42.1 Å². The second-order valence-electron chi connectivity index (χ2n) is 4.73. The van der Waals surface area contributed by atoms with Crippen LogP contribution >= 0.6 is 0 Å². The van der Waals surface area contributed by atoms with E-state index < -0.39 is 0 Å². The van der Waals surface area contributed by atoms with Crippen molar-refractivity contribution in [2.75, 3.05) is 20.6 Å². The highest BCUT2D eigenvalue weighted by molar-refractivity contribution is 5.93. The number of carbonyl (C=O) groups excluding carboxylic acids is 1. The second-order valence-corrected chi connectivity index (χ2v) is 4.73. The van der Waals surface area contributed by atoms with E-state index in [-0.39, 0.29) is 5.97 Å². The van der Waals surface area contributed by atoms with E-state index in [0.717, 1.165) is 17.4 Å². The van der Waals surface area contributed by atoms with Crippen molar-refractivity contribution in [1.82, 2.24) is 9.88 Å². The molecule has 0 aliphatic carbocycles. The van der Waals surface area contributed by atoms with Crippen LogP contribution in [0.25, 0.3) is 10.9 Å². The van der Waals surface area contributed by atoms with E-state index in [0.29, 0.717) is 11.3 Å². The van der Waals surface area contributed by atoms with E-state index in [1.165, 1.54) is 0 Å². The second kappa shape index (κ2) is 5.71. The molecule has 0 saturated carbocycles. The maximum Gasteiger partial charge on any atom is 0.338 e. The lowest BCUT2D eigenvalue weighted by Gasteiger charge is -2.08. The van der Waals surface area contributed by atoms with Crippen molar-refractivity contribution in [2.24, 2.45) is 0 Å². The van der Waals surface area contributed by atoms with Gasteiger partial charge in [-0.1, -0.05) is 12.1 Å². The lowest BCUT2D eigenvalue weighted by Crippen LogP contribution is -2.14. The average molecular weight is 258 g/mol. The summed E-state index contributed by atoms with van der Waals surface area (Å²) < 4.78 is 5.43. The lowest BCUT2D eigenvalue weighted by molar-refractivity contribution is -0.130. The Morgan fingerprint density at radius 3 is 2.89 bits per heavy atom. The Labute approximate surface area is 112 Å². The minimum Gasteiger partial charge on any atom is -0.422 e. The molecule has 2 rings (SSSR count). The zero-order valence-corrected chi connectivity index (χ0v) is 11.4. The third-order valence-electron chi connectivity index (χ3n) is 2.84. The van der Waals surface area contributed by atoms with Crippen LogP contribution in [-0.4, -0.2) is 36.5 Å². The van der Waals surface area contributed by atoms with E-state index >= 15 is 0 Å². The summed E-state index contributed by atoms with van der Waals surface area (Å²) in [6.07, 6.45) is 3.69. The van der Waals surface area contributed by atoms with Crippen LogP contribution in [-0.2, 0) is 4.79 Å². The van der Waals surface area contributed by atoms with Gasteiger partial charge in [0.15, 0.2) is 0 Å². The maximum atomic E-state index is 12.0. The SMILES string of the molecule is CC(=CCN(C)C)C(=O)Oc1cccc2[nH]ccc12. The minimum absolute atomic E-state index is 0.310. The molecule has 0 atom stereocenters. The highest BCUT2D eigenvalue weighted by atomic mass is 16.5. The van der Waals surface area contributed by atoms with Crippen molar-refractivity contribution in [2.45, 2.75) is 6.92 Å². The van der Waals surface area contributed by atoms with Crippen LogP contribution in [0.3, 0.4) is 0 Å². The molecule has 19 heavy (non-hydrogen) atoms. The van der Waals surface area contributed by atoms with E-state index in [4.69, 9.17) is 4.74 Å². The molecule has 100 valence electrons. The molecule has 0 amide bonds. The Bertz CT molecular complexity index is 611. The van der Waals surface area contributed by atoms with Gasteiger partial charge in [-0.2, -0.15) is 0 Å². The van der Waals surface area contributed by atoms with Gasteiger partial charge in [0.05, 0.1) is 0 Å². The first kappa shape index (κ1) is 13.4. The fourth-order valence-corrected chi connectivity index (χ4v) is 1.73. The number of nitrogens with zero attached hydrogens (tertiary/aromatic N) is 1. The predicted molar refractivity (Wildman–Crippen MR) is 76.2 cm³/mol. The number of H-pyrrole nitrogens is 1. The van der Waals surface area contributed by atoms with Gasteiger partial charge in [0.2, 0.25) is 0 Å². The number of carbonyl (C=O) groups is 1. The zero-order valence-electron chi connectivity index (χ0n) is 11.4. The molecule has 0 aliphatic heterocycles. The van der Waals surface area contributed by atoms with E-state index in [2.05, 4.69) is 4.98 Å². The number of esters is 1. The normalized spacial score (nSPS) is 12.1. The van der Waals surface area contributed by atoms with Gasteiger partial charge in [-0.05, 0) is 39.2 Å². The number of aromatic nitrogens is 1. The Balaban J connectivity index is 2.15. The largest absolute Gasteiger partial charge is 0.422 e. The first-order valence-electron chi connectivity index (χ1n) is 6.17. The van der Waals surface area contributed by atoms with Crippen molar-refractivity contribution >= 4 is 16.9 Å². The summed E-state index contributed by atoms with van der Waals surface area (Å²) in [7, 11) is 3.91. The van der Waals surface area contributed by atoms with Crippen LogP contribution in [0.2, 0.25) is 0 Å².